The van der Waals surface area contributed by atoms with Crippen molar-refractivity contribution in [2.75, 3.05) is 6.61 Å². The van der Waals surface area contributed by atoms with Crippen LogP contribution in [0.25, 0.3) is 23.2 Å². The molecule has 0 saturated heterocycles. The fraction of sp³-hybridized carbons (Fsp3) is 0.160. The number of hydrogen-bond donors (Lipinski definition) is 0. The summed E-state index contributed by atoms with van der Waals surface area (Å²) in [6.07, 6.45) is 5.22. The van der Waals surface area contributed by atoms with E-state index in [2.05, 4.69) is 66.1 Å². The maximum atomic E-state index is 5.70. The summed E-state index contributed by atoms with van der Waals surface area (Å²) in [5.41, 5.74) is 4.54. The summed E-state index contributed by atoms with van der Waals surface area (Å²) in [5.74, 6) is 1.88. The van der Waals surface area contributed by atoms with Crippen LogP contribution < -0.4 is 4.74 Å². The number of hydrogen-bond acceptors (Lipinski definition) is 2. The molecule has 0 aliphatic heterocycles. The average Bonchev–Trinajstić information content (AvgIpc) is 3.10. The number of halogens is 1. The van der Waals surface area contributed by atoms with Crippen LogP contribution in [0.15, 0.2) is 78.9 Å². The lowest BCUT2D eigenvalue weighted by Gasteiger charge is -2.09. The Bertz CT molecular complexity index is 1070. The van der Waals surface area contributed by atoms with Gasteiger partial charge >= 0.3 is 0 Å². The highest BCUT2D eigenvalue weighted by Crippen LogP contribution is 2.21. The Morgan fingerprint density at radius 1 is 0.862 bits per heavy atom. The first-order valence-electron chi connectivity index (χ1n) is 9.73. The zero-order valence-corrected chi connectivity index (χ0v) is 17.3. The number of rotatable bonds is 7. The second-order valence-corrected chi connectivity index (χ2v) is 6.78. The normalized spacial score (nSPS) is 10.9. The van der Waals surface area contributed by atoms with Crippen molar-refractivity contribution in [3.05, 3.63) is 95.8 Å². The first kappa shape index (κ1) is 20.7. The molecule has 0 bridgehead atoms. The zero-order chi connectivity index (χ0) is 19.2. The Balaban J connectivity index is 0.00000240. The fourth-order valence-corrected chi connectivity index (χ4v) is 3.22. The Labute approximate surface area is 178 Å². The standard InChI is InChI=1S/C25H24N2O.ClH/c1-2-18-28-22-15-12-21(13-16-22)19-27-24-11-7-6-10-23(24)26-25(27)17-14-20-8-4-3-5-9-20;/h3-17H,2,18-19H2,1H3;1H/b17-14+;. The van der Waals surface area contributed by atoms with Crippen molar-refractivity contribution < 1.29 is 4.74 Å². The highest BCUT2D eigenvalue weighted by Gasteiger charge is 2.09. The van der Waals surface area contributed by atoms with Crippen LogP contribution in [-0.4, -0.2) is 16.2 Å². The van der Waals surface area contributed by atoms with E-state index >= 15 is 0 Å². The van der Waals surface area contributed by atoms with Gasteiger partial charge in [-0.1, -0.05) is 67.6 Å². The Kier molecular flexibility index (Phi) is 7.09. The largest absolute Gasteiger partial charge is 0.494 e. The molecule has 4 aromatic rings. The van der Waals surface area contributed by atoms with Crippen LogP contribution >= 0.6 is 12.4 Å². The lowest BCUT2D eigenvalue weighted by atomic mass is 10.2. The van der Waals surface area contributed by atoms with E-state index in [1.165, 1.54) is 11.1 Å². The number of fused-ring (bicyclic) bond motifs is 1. The van der Waals surface area contributed by atoms with Crippen LogP contribution in [-0.2, 0) is 6.54 Å². The van der Waals surface area contributed by atoms with Crippen LogP contribution in [0.2, 0.25) is 0 Å². The molecular formula is C25H25ClN2O. The van der Waals surface area contributed by atoms with Crippen molar-refractivity contribution in [2.45, 2.75) is 19.9 Å². The quantitative estimate of drug-likeness (QED) is 0.353. The highest BCUT2D eigenvalue weighted by atomic mass is 35.5. The predicted octanol–water partition coefficient (Wildman–Crippen LogP) is 6.47. The molecule has 0 aliphatic rings. The minimum Gasteiger partial charge on any atom is -0.494 e. The molecule has 0 fully saturated rings. The molecule has 0 spiro atoms. The molecule has 0 saturated carbocycles. The number of benzene rings is 3. The Morgan fingerprint density at radius 2 is 1.59 bits per heavy atom. The van der Waals surface area contributed by atoms with Crippen molar-refractivity contribution in [1.82, 2.24) is 9.55 Å². The maximum Gasteiger partial charge on any atom is 0.134 e. The molecule has 3 aromatic carbocycles. The Morgan fingerprint density at radius 3 is 2.34 bits per heavy atom. The predicted molar refractivity (Wildman–Crippen MR) is 124 cm³/mol. The van der Waals surface area contributed by atoms with E-state index in [1.807, 2.05) is 36.4 Å². The number of imidazole rings is 1. The zero-order valence-electron chi connectivity index (χ0n) is 16.5. The van der Waals surface area contributed by atoms with E-state index in [0.717, 1.165) is 42.2 Å². The minimum absolute atomic E-state index is 0. The van der Waals surface area contributed by atoms with E-state index in [-0.39, 0.29) is 12.4 Å². The number of aromatic nitrogens is 2. The van der Waals surface area contributed by atoms with Crippen molar-refractivity contribution >= 4 is 35.6 Å². The van der Waals surface area contributed by atoms with Gasteiger partial charge in [0.1, 0.15) is 11.6 Å². The summed E-state index contributed by atoms with van der Waals surface area (Å²) in [4.78, 5) is 4.83. The van der Waals surface area contributed by atoms with Crippen LogP contribution in [0.1, 0.15) is 30.3 Å². The van der Waals surface area contributed by atoms with E-state index in [9.17, 15) is 0 Å². The molecule has 0 N–H and O–H groups in total. The Hall–Kier alpha value is -3.04. The lowest BCUT2D eigenvalue weighted by molar-refractivity contribution is 0.317. The molecule has 0 amide bonds. The maximum absolute atomic E-state index is 5.70. The van der Waals surface area contributed by atoms with Gasteiger partial charge < -0.3 is 9.30 Å². The molecule has 3 nitrogen and oxygen atoms in total. The molecular weight excluding hydrogens is 380 g/mol. The monoisotopic (exact) mass is 404 g/mol. The molecule has 1 aromatic heterocycles. The topological polar surface area (TPSA) is 27.1 Å². The van der Waals surface area contributed by atoms with Gasteiger partial charge in [0.05, 0.1) is 17.6 Å². The third-order valence-corrected chi connectivity index (χ3v) is 4.65. The van der Waals surface area contributed by atoms with Crippen LogP contribution in [0.5, 0.6) is 5.75 Å². The first-order valence-corrected chi connectivity index (χ1v) is 9.73. The van der Waals surface area contributed by atoms with Crippen molar-refractivity contribution in [3.8, 4) is 5.75 Å². The molecule has 4 heteroatoms. The van der Waals surface area contributed by atoms with Gasteiger partial charge in [-0.25, -0.2) is 4.98 Å². The average molecular weight is 405 g/mol. The van der Waals surface area contributed by atoms with Crippen molar-refractivity contribution in [3.63, 3.8) is 0 Å². The van der Waals surface area contributed by atoms with Gasteiger partial charge in [0.2, 0.25) is 0 Å². The number of para-hydroxylation sites is 2. The molecule has 0 radical (unpaired) electrons. The summed E-state index contributed by atoms with van der Waals surface area (Å²) < 4.78 is 7.96. The SMILES string of the molecule is CCCOc1ccc(Cn2c(/C=C/c3ccccc3)nc3ccccc32)cc1.Cl. The second kappa shape index (κ2) is 9.94. The van der Waals surface area contributed by atoms with E-state index in [4.69, 9.17) is 9.72 Å². The molecule has 148 valence electrons. The van der Waals surface area contributed by atoms with Crippen LogP contribution in [0.3, 0.4) is 0 Å². The third-order valence-electron chi connectivity index (χ3n) is 4.65. The lowest BCUT2D eigenvalue weighted by Crippen LogP contribution is -2.02. The van der Waals surface area contributed by atoms with Crippen molar-refractivity contribution in [1.29, 1.82) is 0 Å². The van der Waals surface area contributed by atoms with Crippen molar-refractivity contribution in [2.24, 2.45) is 0 Å². The van der Waals surface area contributed by atoms with E-state index in [0.29, 0.717) is 0 Å². The summed E-state index contributed by atoms with van der Waals surface area (Å²) >= 11 is 0. The van der Waals surface area contributed by atoms with Crippen LogP contribution in [0.4, 0.5) is 0 Å². The molecule has 0 atom stereocenters. The van der Waals surface area contributed by atoms with Crippen LogP contribution in [0, 0.1) is 0 Å². The molecule has 29 heavy (non-hydrogen) atoms. The minimum atomic E-state index is 0. The van der Waals surface area contributed by atoms with Gasteiger partial charge in [0, 0.05) is 6.54 Å². The first-order chi connectivity index (χ1) is 13.8. The van der Waals surface area contributed by atoms with E-state index < -0.39 is 0 Å². The number of nitrogens with zero attached hydrogens (tertiary/aromatic N) is 2. The van der Waals surface area contributed by atoms with Gasteiger partial charge in [0.25, 0.3) is 0 Å². The fourth-order valence-electron chi connectivity index (χ4n) is 3.22. The van der Waals surface area contributed by atoms with Gasteiger partial charge in [-0.2, -0.15) is 0 Å². The van der Waals surface area contributed by atoms with Gasteiger partial charge in [-0.05, 0) is 47.9 Å². The summed E-state index contributed by atoms with van der Waals surface area (Å²) in [6, 6.07) is 26.9. The molecule has 4 rings (SSSR count). The van der Waals surface area contributed by atoms with E-state index in [1.54, 1.807) is 0 Å². The summed E-state index contributed by atoms with van der Waals surface area (Å²) in [7, 11) is 0. The van der Waals surface area contributed by atoms with Gasteiger partial charge in [-0.3, -0.25) is 0 Å². The van der Waals surface area contributed by atoms with Gasteiger partial charge in [0.15, 0.2) is 0 Å². The molecule has 0 aliphatic carbocycles. The molecule has 0 unspecified atom stereocenters. The number of ether oxygens (including phenoxy) is 1. The smallest absolute Gasteiger partial charge is 0.134 e. The second-order valence-electron chi connectivity index (χ2n) is 6.78. The highest BCUT2D eigenvalue weighted by molar-refractivity contribution is 5.85. The summed E-state index contributed by atoms with van der Waals surface area (Å²) in [6.45, 7) is 3.63. The summed E-state index contributed by atoms with van der Waals surface area (Å²) in [5, 5.41) is 0. The van der Waals surface area contributed by atoms with Gasteiger partial charge in [-0.15, -0.1) is 12.4 Å². The molecule has 1 heterocycles. The third kappa shape index (κ3) is 5.07.